The first kappa shape index (κ1) is 21.8. The Morgan fingerprint density at radius 3 is 2.71 bits per heavy atom. The number of H-pyrrole nitrogens is 1. The number of aromatic amines is 1. The lowest BCUT2D eigenvalue weighted by molar-refractivity contribution is 0.0331. The van der Waals surface area contributed by atoms with Crippen molar-refractivity contribution in [2.75, 3.05) is 34.5 Å². The van der Waals surface area contributed by atoms with E-state index < -0.39 is 6.10 Å². The fraction of sp³-hybridized carbons (Fsp3) is 0.455. The molecular weight excluding hydrogens is 418 g/mol. The van der Waals surface area contributed by atoms with Crippen LogP contribution in [0.5, 0.6) is 11.5 Å². The Balaban J connectivity index is 1.63. The predicted molar refractivity (Wildman–Crippen MR) is 120 cm³/mol. The first-order valence-corrected chi connectivity index (χ1v) is 11.1. The number of aromatic nitrogens is 2. The lowest BCUT2D eigenvalue weighted by atomic mass is 10.1. The van der Waals surface area contributed by atoms with Gasteiger partial charge < -0.3 is 24.3 Å². The first-order chi connectivity index (χ1) is 15.0. The van der Waals surface area contributed by atoms with E-state index in [9.17, 15) is 9.90 Å². The standard InChI is InChI=1S/C22H27N3O5S/c1-28-11-15(26)9-25(14-5-6-14)10-19-23-21(27)20-16(12-31-22(20)24-19)13-4-7-17(29-2)18(8-13)30-3/h4,7-8,12,14-15,26H,5-6,9-11H2,1-3H3,(H,23,24,27). The van der Waals surface area contributed by atoms with Gasteiger partial charge in [-0.3, -0.25) is 9.69 Å². The normalized spacial score (nSPS) is 14.9. The summed E-state index contributed by atoms with van der Waals surface area (Å²) in [5.74, 6) is 1.85. The summed E-state index contributed by atoms with van der Waals surface area (Å²) in [6.45, 7) is 1.26. The number of ether oxygens (including phenoxy) is 3. The van der Waals surface area contributed by atoms with E-state index in [0.717, 1.165) is 24.0 Å². The molecule has 2 aromatic heterocycles. The molecule has 2 heterocycles. The second-order valence-corrected chi connectivity index (χ2v) is 8.54. The molecule has 0 spiro atoms. The average molecular weight is 446 g/mol. The molecule has 31 heavy (non-hydrogen) atoms. The molecule has 1 aliphatic carbocycles. The van der Waals surface area contributed by atoms with Crippen LogP contribution in [0.1, 0.15) is 18.7 Å². The summed E-state index contributed by atoms with van der Waals surface area (Å²) in [4.78, 5) is 23.5. The molecular formula is C22H27N3O5S. The maximum atomic E-state index is 13.0. The Morgan fingerprint density at radius 1 is 1.26 bits per heavy atom. The van der Waals surface area contributed by atoms with Gasteiger partial charge >= 0.3 is 0 Å². The maximum Gasteiger partial charge on any atom is 0.260 e. The highest BCUT2D eigenvalue weighted by atomic mass is 32.1. The molecule has 1 atom stereocenters. The number of methoxy groups -OCH3 is 3. The number of thiophene rings is 1. The molecule has 3 aromatic rings. The Hall–Kier alpha value is -2.46. The largest absolute Gasteiger partial charge is 0.493 e. The predicted octanol–water partition coefficient (Wildman–Crippen LogP) is 2.64. The van der Waals surface area contributed by atoms with Gasteiger partial charge in [-0.1, -0.05) is 6.07 Å². The topological polar surface area (TPSA) is 96.9 Å². The molecule has 2 N–H and O–H groups in total. The molecule has 0 radical (unpaired) electrons. The number of fused-ring (bicyclic) bond motifs is 1. The van der Waals surface area contributed by atoms with Gasteiger partial charge in [-0.05, 0) is 30.5 Å². The number of hydrogen-bond acceptors (Lipinski definition) is 8. The zero-order valence-electron chi connectivity index (χ0n) is 17.9. The van der Waals surface area contributed by atoms with Crippen LogP contribution in [0, 0.1) is 0 Å². The van der Waals surface area contributed by atoms with Crippen molar-refractivity contribution < 1.29 is 19.3 Å². The lowest BCUT2D eigenvalue weighted by Gasteiger charge is -2.24. The molecule has 1 fully saturated rings. The minimum absolute atomic E-state index is 0.167. The fourth-order valence-electron chi connectivity index (χ4n) is 3.78. The second-order valence-electron chi connectivity index (χ2n) is 7.68. The summed E-state index contributed by atoms with van der Waals surface area (Å²) in [5.41, 5.74) is 1.52. The SMILES string of the molecule is COCC(O)CN(Cc1nc2scc(-c3ccc(OC)c(OC)c3)c2c(=O)[nH]1)C1CC1. The number of nitrogens with zero attached hydrogens (tertiary/aromatic N) is 2. The average Bonchev–Trinajstić information content (AvgIpc) is 3.52. The van der Waals surface area contributed by atoms with Crippen molar-refractivity contribution in [3.05, 3.63) is 39.8 Å². The van der Waals surface area contributed by atoms with E-state index >= 15 is 0 Å². The van der Waals surface area contributed by atoms with Crippen molar-refractivity contribution in [2.24, 2.45) is 0 Å². The van der Waals surface area contributed by atoms with Crippen molar-refractivity contribution in [2.45, 2.75) is 31.5 Å². The summed E-state index contributed by atoms with van der Waals surface area (Å²) < 4.78 is 15.7. The van der Waals surface area contributed by atoms with Gasteiger partial charge in [-0.25, -0.2) is 4.98 Å². The highest BCUT2D eigenvalue weighted by molar-refractivity contribution is 7.17. The van der Waals surface area contributed by atoms with Crippen LogP contribution in [0.25, 0.3) is 21.3 Å². The third-order valence-electron chi connectivity index (χ3n) is 5.41. The van der Waals surface area contributed by atoms with E-state index in [-0.39, 0.29) is 12.2 Å². The van der Waals surface area contributed by atoms with Crippen LogP contribution in [-0.2, 0) is 11.3 Å². The zero-order chi connectivity index (χ0) is 22.0. The molecule has 1 aromatic carbocycles. The molecule has 0 aliphatic heterocycles. The minimum Gasteiger partial charge on any atom is -0.493 e. The van der Waals surface area contributed by atoms with Crippen LogP contribution in [0.3, 0.4) is 0 Å². The summed E-state index contributed by atoms with van der Waals surface area (Å²) >= 11 is 1.44. The summed E-state index contributed by atoms with van der Waals surface area (Å²) in [5, 5.41) is 12.6. The van der Waals surface area contributed by atoms with Crippen molar-refractivity contribution in [1.29, 1.82) is 0 Å². The third kappa shape index (κ3) is 4.74. The smallest absolute Gasteiger partial charge is 0.260 e. The zero-order valence-corrected chi connectivity index (χ0v) is 18.7. The second kappa shape index (κ2) is 9.35. The van der Waals surface area contributed by atoms with E-state index in [1.165, 1.54) is 11.3 Å². The third-order valence-corrected chi connectivity index (χ3v) is 6.28. The Morgan fingerprint density at radius 2 is 2.03 bits per heavy atom. The van der Waals surface area contributed by atoms with Gasteiger partial charge in [-0.15, -0.1) is 11.3 Å². The van der Waals surface area contributed by atoms with Gasteiger partial charge in [0, 0.05) is 30.6 Å². The van der Waals surface area contributed by atoms with Crippen molar-refractivity contribution >= 4 is 21.6 Å². The van der Waals surface area contributed by atoms with Crippen LogP contribution in [0.2, 0.25) is 0 Å². The number of nitrogens with one attached hydrogen (secondary N) is 1. The van der Waals surface area contributed by atoms with Crippen molar-refractivity contribution in [3.8, 4) is 22.6 Å². The van der Waals surface area contributed by atoms with Crippen LogP contribution in [-0.4, -0.2) is 66.6 Å². The lowest BCUT2D eigenvalue weighted by Crippen LogP contribution is -2.36. The molecule has 9 heteroatoms. The molecule has 4 rings (SSSR count). The van der Waals surface area contributed by atoms with Crippen molar-refractivity contribution in [3.63, 3.8) is 0 Å². The van der Waals surface area contributed by atoms with Gasteiger partial charge in [0.2, 0.25) is 0 Å². The van der Waals surface area contributed by atoms with E-state index in [1.54, 1.807) is 21.3 Å². The van der Waals surface area contributed by atoms with Gasteiger partial charge in [0.15, 0.2) is 11.5 Å². The van der Waals surface area contributed by atoms with Crippen LogP contribution in [0.15, 0.2) is 28.4 Å². The van der Waals surface area contributed by atoms with Crippen LogP contribution < -0.4 is 15.0 Å². The summed E-state index contributed by atoms with van der Waals surface area (Å²) in [6, 6.07) is 6.01. The van der Waals surface area contributed by atoms with Gasteiger partial charge in [0.05, 0.1) is 38.9 Å². The molecule has 0 amide bonds. The molecule has 1 aliphatic rings. The van der Waals surface area contributed by atoms with Gasteiger partial charge in [-0.2, -0.15) is 0 Å². The summed E-state index contributed by atoms with van der Waals surface area (Å²) in [6.07, 6.45) is 1.61. The molecule has 0 saturated heterocycles. The van der Waals surface area contributed by atoms with Crippen LogP contribution in [0.4, 0.5) is 0 Å². The fourth-order valence-corrected chi connectivity index (χ4v) is 4.74. The van der Waals surface area contributed by atoms with Gasteiger partial charge in [0.1, 0.15) is 10.7 Å². The first-order valence-electron chi connectivity index (χ1n) is 10.2. The molecule has 1 unspecified atom stereocenters. The van der Waals surface area contributed by atoms with Crippen LogP contribution >= 0.6 is 11.3 Å². The van der Waals surface area contributed by atoms with E-state index in [2.05, 4.69) is 9.88 Å². The Kier molecular flexibility index (Phi) is 6.57. The van der Waals surface area contributed by atoms with Gasteiger partial charge in [0.25, 0.3) is 5.56 Å². The highest BCUT2D eigenvalue weighted by Gasteiger charge is 2.31. The molecule has 8 nitrogen and oxygen atoms in total. The molecule has 166 valence electrons. The van der Waals surface area contributed by atoms with E-state index in [0.29, 0.717) is 46.7 Å². The quantitative estimate of drug-likeness (QED) is 0.495. The number of rotatable bonds is 10. The number of aliphatic hydroxyl groups is 1. The van der Waals surface area contributed by atoms with E-state index in [4.69, 9.17) is 19.2 Å². The summed E-state index contributed by atoms with van der Waals surface area (Å²) in [7, 11) is 4.75. The number of hydrogen-bond donors (Lipinski definition) is 2. The Bertz CT molecular complexity index is 1110. The highest BCUT2D eigenvalue weighted by Crippen LogP contribution is 2.36. The minimum atomic E-state index is -0.570. The maximum absolute atomic E-state index is 13.0. The molecule has 0 bridgehead atoms. The van der Waals surface area contributed by atoms with E-state index in [1.807, 2.05) is 23.6 Å². The van der Waals surface area contributed by atoms with Crippen molar-refractivity contribution in [1.82, 2.24) is 14.9 Å². The number of aliphatic hydroxyl groups excluding tert-OH is 1. The Labute approximate surface area is 184 Å². The number of benzene rings is 1. The molecule has 1 saturated carbocycles. The monoisotopic (exact) mass is 445 g/mol.